The minimum absolute atomic E-state index is 0.288. The lowest BCUT2D eigenvalue weighted by molar-refractivity contribution is 0.454. The van der Waals surface area contributed by atoms with E-state index in [0.29, 0.717) is 30.2 Å². The smallest absolute Gasteiger partial charge is 0.242 e. The van der Waals surface area contributed by atoms with E-state index in [-0.39, 0.29) is 5.82 Å². The van der Waals surface area contributed by atoms with Crippen LogP contribution in [0.1, 0.15) is 11.3 Å². The standard InChI is InChI=1S/C14H14FN3OS/c1-9-2-3-10(8-11(9)15)19-13-12(4-5-16)18-6-7-20-14(18)17-13/h2-3,6-8H,4-5,16H2,1H3. The Morgan fingerprint density at radius 3 is 3.05 bits per heavy atom. The topological polar surface area (TPSA) is 52.5 Å². The molecule has 0 aliphatic rings. The number of ether oxygens (including phenoxy) is 1. The molecular formula is C14H14FN3OS. The summed E-state index contributed by atoms with van der Waals surface area (Å²) in [4.78, 5) is 5.26. The van der Waals surface area contributed by atoms with Crippen molar-refractivity contribution in [3.63, 3.8) is 0 Å². The predicted octanol–water partition coefficient (Wildman–Crippen LogP) is 3.14. The summed E-state index contributed by atoms with van der Waals surface area (Å²) in [5.74, 6) is 0.645. The first-order chi connectivity index (χ1) is 9.69. The fourth-order valence-corrected chi connectivity index (χ4v) is 2.73. The molecule has 0 saturated carbocycles. The highest BCUT2D eigenvalue weighted by atomic mass is 32.1. The summed E-state index contributed by atoms with van der Waals surface area (Å²) in [6.45, 7) is 2.22. The minimum atomic E-state index is -0.288. The van der Waals surface area contributed by atoms with Crippen LogP contribution in [0.5, 0.6) is 11.6 Å². The number of thiazole rings is 1. The molecule has 2 N–H and O–H groups in total. The first-order valence-corrected chi connectivity index (χ1v) is 7.15. The molecule has 0 atom stereocenters. The van der Waals surface area contributed by atoms with E-state index in [1.807, 2.05) is 16.0 Å². The van der Waals surface area contributed by atoms with E-state index in [9.17, 15) is 4.39 Å². The maximum absolute atomic E-state index is 13.6. The number of hydrogen-bond acceptors (Lipinski definition) is 4. The molecule has 1 aromatic carbocycles. The Morgan fingerprint density at radius 2 is 2.30 bits per heavy atom. The van der Waals surface area contributed by atoms with Crippen molar-refractivity contribution in [1.29, 1.82) is 0 Å². The number of hydrogen-bond donors (Lipinski definition) is 1. The molecule has 20 heavy (non-hydrogen) atoms. The number of imidazole rings is 1. The Balaban J connectivity index is 1.98. The average Bonchev–Trinajstić information content (AvgIpc) is 2.98. The zero-order chi connectivity index (χ0) is 14.1. The minimum Gasteiger partial charge on any atom is -0.437 e. The summed E-state index contributed by atoms with van der Waals surface area (Å²) in [6.07, 6.45) is 2.59. The number of benzene rings is 1. The van der Waals surface area contributed by atoms with Gasteiger partial charge in [0.15, 0.2) is 4.96 Å². The molecular weight excluding hydrogens is 277 g/mol. The van der Waals surface area contributed by atoms with Crippen molar-refractivity contribution in [2.24, 2.45) is 5.73 Å². The molecule has 2 heterocycles. The highest BCUT2D eigenvalue weighted by molar-refractivity contribution is 7.15. The van der Waals surface area contributed by atoms with E-state index >= 15 is 0 Å². The third-order valence-electron chi connectivity index (χ3n) is 3.06. The van der Waals surface area contributed by atoms with Crippen LogP contribution in [-0.2, 0) is 6.42 Å². The van der Waals surface area contributed by atoms with Crippen molar-refractivity contribution in [1.82, 2.24) is 9.38 Å². The van der Waals surface area contributed by atoms with E-state index < -0.39 is 0 Å². The Bertz CT molecular complexity index is 750. The molecule has 0 unspecified atom stereocenters. The predicted molar refractivity (Wildman–Crippen MR) is 77.0 cm³/mol. The lowest BCUT2D eigenvalue weighted by atomic mass is 10.2. The van der Waals surface area contributed by atoms with Crippen LogP contribution >= 0.6 is 11.3 Å². The number of aryl methyl sites for hydroxylation is 1. The second kappa shape index (κ2) is 5.22. The Hall–Kier alpha value is -1.92. The number of nitrogens with two attached hydrogens (primary N) is 1. The van der Waals surface area contributed by atoms with Crippen molar-refractivity contribution >= 4 is 16.3 Å². The lowest BCUT2D eigenvalue weighted by Crippen LogP contribution is -2.05. The van der Waals surface area contributed by atoms with Crippen LogP contribution in [0, 0.1) is 12.7 Å². The number of aromatic nitrogens is 2. The van der Waals surface area contributed by atoms with E-state index in [1.54, 1.807) is 19.1 Å². The second-order valence-corrected chi connectivity index (χ2v) is 5.34. The molecule has 0 spiro atoms. The molecule has 4 nitrogen and oxygen atoms in total. The Morgan fingerprint density at radius 1 is 1.45 bits per heavy atom. The fraction of sp³-hybridized carbons (Fsp3) is 0.214. The molecule has 3 aromatic rings. The Labute approximate surface area is 119 Å². The van der Waals surface area contributed by atoms with E-state index in [1.165, 1.54) is 17.4 Å². The lowest BCUT2D eigenvalue weighted by Gasteiger charge is -2.06. The van der Waals surface area contributed by atoms with Gasteiger partial charge in [-0.05, 0) is 25.1 Å². The van der Waals surface area contributed by atoms with Crippen molar-refractivity contribution in [2.75, 3.05) is 6.54 Å². The van der Waals surface area contributed by atoms with Gasteiger partial charge in [0.25, 0.3) is 0 Å². The van der Waals surface area contributed by atoms with Gasteiger partial charge in [-0.1, -0.05) is 6.07 Å². The van der Waals surface area contributed by atoms with Gasteiger partial charge in [-0.15, -0.1) is 11.3 Å². The van der Waals surface area contributed by atoms with Crippen LogP contribution in [-0.4, -0.2) is 15.9 Å². The first kappa shape index (κ1) is 13.1. The van der Waals surface area contributed by atoms with Crippen molar-refractivity contribution < 1.29 is 9.13 Å². The fourth-order valence-electron chi connectivity index (χ4n) is 2.01. The van der Waals surface area contributed by atoms with Crippen LogP contribution in [0.25, 0.3) is 4.96 Å². The molecule has 0 aliphatic heterocycles. The Kier molecular flexibility index (Phi) is 3.42. The third-order valence-corrected chi connectivity index (χ3v) is 3.82. The zero-order valence-electron chi connectivity index (χ0n) is 11.0. The van der Waals surface area contributed by atoms with Crippen molar-refractivity contribution in [3.05, 3.63) is 46.9 Å². The van der Waals surface area contributed by atoms with E-state index in [4.69, 9.17) is 10.5 Å². The van der Waals surface area contributed by atoms with E-state index in [2.05, 4.69) is 4.98 Å². The molecule has 0 aliphatic carbocycles. The van der Waals surface area contributed by atoms with E-state index in [0.717, 1.165) is 10.7 Å². The molecule has 6 heteroatoms. The summed E-state index contributed by atoms with van der Waals surface area (Å²) in [7, 11) is 0. The normalized spacial score (nSPS) is 11.2. The molecule has 0 saturated heterocycles. The van der Waals surface area contributed by atoms with Gasteiger partial charge < -0.3 is 10.5 Å². The molecule has 0 amide bonds. The highest BCUT2D eigenvalue weighted by Crippen LogP contribution is 2.28. The molecule has 0 bridgehead atoms. The third kappa shape index (κ3) is 2.28. The van der Waals surface area contributed by atoms with Crippen LogP contribution in [0.2, 0.25) is 0 Å². The molecule has 2 aromatic heterocycles. The van der Waals surface area contributed by atoms with Gasteiger partial charge in [0.05, 0.1) is 5.69 Å². The van der Waals surface area contributed by atoms with Crippen molar-refractivity contribution in [2.45, 2.75) is 13.3 Å². The zero-order valence-corrected chi connectivity index (χ0v) is 11.8. The van der Waals surface area contributed by atoms with Crippen LogP contribution < -0.4 is 10.5 Å². The highest BCUT2D eigenvalue weighted by Gasteiger charge is 2.15. The number of rotatable bonds is 4. The van der Waals surface area contributed by atoms with Gasteiger partial charge in [-0.2, -0.15) is 4.98 Å². The molecule has 3 rings (SSSR count). The summed E-state index contributed by atoms with van der Waals surface area (Å²) < 4.78 is 21.2. The molecule has 104 valence electrons. The SMILES string of the molecule is Cc1ccc(Oc2nc3sccn3c2CCN)cc1F. The number of nitrogens with zero attached hydrogens (tertiary/aromatic N) is 2. The molecule has 0 radical (unpaired) electrons. The van der Waals surface area contributed by atoms with Crippen LogP contribution in [0.4, 0.5) is 4.39 Å². The second-order valence-electron chi connectivity index (χ2n) is 4.47. The summed E-state index contributed by atoms with van der Waals surface area (Å²) in [6, 6.07) is 4.79. The van der Waals surface area contributed by atoms with Crippen LogP contribution in [0.15, 0.2) is 29.8 Å². The van der Waals surface area contributed by atoms with Crippen molar-refractivity contribution in [3.8, 4) is 11.6 Å². The van der Waals surface area contributed by atoms with Gasteiger partial charge in [0, 0.05) is 24.1 Å². The summed E-state index contributed by atoms with van der Waals surface area (Å²) >= 11 is 1.52. The summed E-state index contributed by atoms with van der Waals surface area (Å²) in [5, 5.41) is 1.96. The van der Waals surface area contributed by atoms with Gasteiger partial charge in [-0.3, -0.25) is 4.40 Å². The number of halogens is 1. The van der Waals surface area contributed by atoms with Gasteiger partial charge in [0.1, 0.15) is 11.6 Å². The molecule has 0 fully saturated rings. The number of fused-ring (bicyclic) bond motifs is 1. The average molecular weight is 291 g/mol. The monoisotopic (exact) mass is 291 g/mol. The maximum atomic E-state index is 13.6. The van der Waals surface area contributed by atoms with Gasteiger partial charge in [-0.25, -0.2) is 4.39 Å². The largest absolute Gasteiger partial charge is 0.437 e. The maximum Gasteiger partial charge on any atom is 0.242 e. The summed E-state index contributed by atoms with van der Waals surface area (Å²) in [5.41, 5.74) is 7.13. The van der Waals surface area contributed by atoms with Gasteiger partial charge in [0.2, 0.25) is 5.88 Å². The van der Waals surface area contributed by atoms with Gasteiger partial charge >= 0.3 is 0 Å². The van der Waals surface area contributed by atoms with Crippen LogP contribution in [0.3, 0.4) is 0 Å². The first-order valence-electron chi connectivity index (χ1n) is 6.27. The quantitative estimate of drug-likeness (QED) is 0.803.